The van der Waals surface area contributed by atoms with Gasteiger partial charge in [0.2, 0.25) is 15.9 Å². The van der Waals surface area contributed by atoms with Crippen molar-refractivity contribution in [2.24, 2.45) is 0 Å². The normalized spacial score (nSPS) is 20.9. The Morgan fingerprint density at radius 2 is 2.00 bits per heavy atom. The number of ether oxygens (including phenoxy) is 2. The molecule has 1 aromatic carbocycles. The number of carbonyl (C=O) groups is 1. The van der Waals surface area contributed by atoms with Gasteiger partial charge in [-0.1, -0.05) is 6.92 Å². The Hall–Kier alpha value is -1.80. The monoisotopic (exact) mass is 368 g/mol. The van der Waals surface area contributed by atoms with Gasteiger partial charge >= 0.3 is 0 Å². The van der Waals surface area contributed by atoms with E-state index >= 15 is 0 Å². The molecule has 138 valence electrons. The van der Waals surface area contributed by atoms with Gasteiger partial charge in [-0.2, -0.15) is 4.31 Å². The Bertz CT molecular complexity index is 735. The summed E-state index contributed by atoms with van der Waals surface area (Å²) in [5.74, 6) is 0.761. The van der Waals surface area contributed by atoms with Crippen molar-refractivity contribution in [2.75, 3.05) is 26.3 Å². The maximum Gasteiger partial charge on any atom is 0.243 e. The molecular formula is C17H24N2O5S. The smallest absolute Gasteiger partial charge is 0.243 e. The molecule has 1 unspecified atom stereocenters. The highest BCUT2D eigenvalue weighted by Crippen LogP contribution is 2.34. The molecule has 2 aliphatic rings. The Kier molecular flexibility index (Phi) is 5.48. The van der Waals surface area contributed by atoms with E-state index in [0.717, 1.165) is 12.8 Å². The summed E-state index contributed by atoms with van der Waals surface area (Å²) in [7, 11) is -3.77. The minimum Gasteiger partial charge on any atom is -0.490 e. The lowest BCUT2D eigenvalue weighted by molar-refractivity contribution is -0.124. The highest BCUT2D eigenvalue weighted by Gasteiger charge is 2.39. The minimum atomic E-state index is -3.77. The predicted molar refractivity (Wildman–Crippen MR) is 92.3 cm³/mol. The average Bonchev–Trinajstić information content (AvgIpc) is 2.99. The maximum absolute atomic E-state index is 13.0. The molecule has 0 saturated carbocycles. The van der Waals surface area contributed by atoms with Gasteiger partial charge in [0, 0.05) is 25.6 Å². The summed E-state index contributed by atoms with van der Waals surface area (Å²) in [6.45, 7) is 3.89. The van der Waals surface area contributed by atoms with E-state index in [1.54, 1.807) is 6.07 Å². The van der Waals surface area contributed by atoms with Gasteiger partial charge in [-0.25, -0.2) is 8.42 Å². The zero-order chi connectivity index (χ0) is 17.9. The first-order chi connectivity index (χ1) is 12.0. The summed E-state index contributed by atoms with van der Waals surface area (Å²) in [6.07, 6.45) is 2.78. The Labute approximate surface area is 148 Å². The molecule has 1 aromatic rings. The number of rotatable bonds is 5. The van der Waals surface area contributed by atoms with Crippen molar-refractivity contribution in [2.45, 2.75) is 43.5 Å². The average molecular weight is 368 g/mol. The number of benzene rings is 1. The summed E-state index contributed by atoms with van der Waals surface area (Å²) in [5.41, 5.74) is 0. The van der Waals surface area contributed by atoms with Crippen molar-refractivity contribution in [3.8, 4) is 11.5 Å². The van der Waals surface area contributed by atoms with E-state index in [0.29, 0.717) is 50.6 Å². The molecule has 2 aliphatic heterocycles. The summed E-state index contributed by atoms with van der Waals surface area (Å²) in [5, 5.41) is 2.80. The molecule has 0 aliphatic carbocycles. The first-order valence-corrected chi connectivity index (χ1v) is 10.2. The number of fused-ring (bicyclic) bond motifs is 1. The standard InChI is InChI=1S/C17H24N2O5S/c1-2-8-18-17(20)14-5-3-9-19(14)25(21,22)13-6-7-15-16(12-13)24-11-4-10-23-15/h6-7,12,14H,2-5,8-11H2,1H3,(H,18,20). The third kappa shape index (κ3) is 3.74. The number of hydrogen-bond acceptors (Lipinski definition) is 5. The second-order valence-electron chi connectivity index (χ2n) is 6.22. The molecule has 0 aromatic heterocycles. The summed E-state index contributed by atoms with van der Waals surface area (Å²) in [6, 6.07) is 3.99. The SMILES string of the molecule is CCCNC(=O)C1CCCN1S(=O)(=O)c1ccc2c(c1)OCCCO2. The number of hydrogen-bond donors (Lipinski definition) is 1. The van der Waals surface area contributed by atoms with Crippen LogP contribution in [0.25, 0.3) is 0 Å². The second kappa shape index (κ2) is 7.61. The number of carbonyl (C=O) groups excluding carboxylic acids is 1. The summed E-state index contributed by atoms with van der Waals surface area (Å²) >= 11 is 0. The molecule has 1 fully saturated rings. The third-order valence-corrected chi connectivity index (χ3v) is 6.29. The largest absolute Gasteiger partial charge is 0.490 e. The molecule has 2 heterocycles. The van der Waals surface area contributed by atoms with Gasteiger partial charge in [0.05, 0.1) is 18.1 Å². The van der Waals surface area contributed by atoms with Gasteiger partial charge < -0.3 is 14.8 Å². The van der Waals surface area contributed by atoms with E-state index in [1.807, 2.05) is 6.92 Å². The van der Waals surface area contributed by atoms with Crippen LogP contribution in [0.3, 0.4) is 0 Å². The quantitative estimate of drug-likeness (QED) is 0.852. The number of sulfonamides is 1. The lowest BCUT2D eigenvalue weighted by Crippen LogP contribution is -2.46. The van der Waals surface area contributed by atoms with Crippen molar-refractivity contribution >= 4 is 15.9 Å². The van der Waals surface area contributed by atoms with E-state index in [2.05, 4.69) is 5.32 Å². The molecular weight excluding hydrogens is 344 g/mol. The topological polar surface area (TPSA) is 84.9 Å². The van der Waals surface area contributed by atoms with Crippen LogP contribution in [0.2, 0.25) is 0 Å². The van der Waals surface area contributed by atoms with Gasteiger partial charge in [0.15, 0.2) is 11.5 Å². The highest BCUT2D eigenvalue weighted by molar-refractivity contribution is 7.89. The van der Waals surface area contributed by atoms with Gasteiger partial charge in [-0.05, 0) is 31.4 Å². The fourth-order valence-electron chi connectivity index (χ4n) is 3.10. The molecule has 1 amide bonds. The van der Waals surface area contributed by atoms with Gasteiger partial charge in [0.25, 0.3) is 0 Å². The lowest BCUT2D eigenvalue weighted by Gasteiger charge is -2.23. The Morgan fingerprint density at radius 1 is 1.24 bits per heavy atom. The third-order valence-electron chi connectivity index (χ3n) is 4.38. The van der Waals surface area contributed by atoms with E-state index in [9.17, 15) is 13.2 Å². The minimum absolute atomic E-state index is 0.131. The molecule has 0 spiro atoms. The van der Waals surface area contributed by atoms with Crippen LogP contribution in [0.1, 0.15) is 32.6 Å². The predicted octanol–water partition coefficient (Wildman–Crippen LogP) is 1.53. The zero-order valence-corrected chi connectivity index (χ0v) is 15.2. The molecule has 25 heavy (non-hydrogen) atoms. The molecule has 3 rings (SSSR count). The number of amides is 1. The first-order valence-electron chi connectivity index (χ1n) is 8.73. The van der Waals surface area contributed by atoms with Crippen LogP contribution in [0.4, 0.5) is 0 Å². The number of nitrogens with zero attached hydrogens (tertiary/aromatic N) is 1. The number of nitrogens with one attached hydrogen (secondary N) is 1. The van der Waals surface area contributed by atoms with E-state index in [-0.39, 0.29) is 10.8 Å². The van der Waals surface area contributed by atoms with Crippen molar-refractivity contribution in [1.82, 2.24) is 9.62 Å². The van der Waals surface area contributed by atoms with Gasteiger partial charge in [-0.15, -0.1) is 0 Å². The van der Waals surface area contributed by atoms with Crippen molar-refractivity contribution in [1.29, 1.82) is 0 Å². The van der Waals surface area contributed by atoms with E-state index in [4.69, 9.17) is 9.47 Å². The molecule has 1 saturated heterocycles. The molecule has 8 heteroatoms. The van der Waals surface area contributed by atoms with Crippen LogP contribution in [0.15, 0.2) is 23.1 Å². The fourth-order valence-corrected chi connectivity index (χ4v) is 4.77. The van der Waals surface area contributed by atoms with Crippen LogP contribution < -0.4 is 14.8 Å². The second-order valence-corrected chi connectivity index (χ2v) is 8.11. The van der Waals surface area contributed by atoms with Gasteiger partial charge in [-0.3, -0.25) is 4.79 Å². The van der Waals surface area contributed by atoms with Crippen molar-refractivity contribution < 1.29 is 22.7 Å². The van der Waals surface area contributed by atoms with E-state index < -0.39 is 16.1 Å². The maximum atomic E-state index is 13.0. The molecule has 7 nitrogen and oxygen atoms in total. The van der Waals surface area contributed by atoms with Crippen LogP contribution in [0.5, 0.6) is 11.5 Å². The molecule has 1 atom stereocenters. The summed E-state index contributed by atoms with van der Waals surface area (Å²) in [4.78, 5) is 12.4. The Morgan fingerprint density at radius 3 is 2.76 bits per heavy atom. The van der Waals surface area contributed by atoms with Gasteiger partial charge in [0.1, 0.15) is 6.04 Å². The first kappa shape index (κ1) is 18.0. The fraction of sp³-hybridized carbons (Fsp3) is 0.588. The van der Waals surface area contributed by atoms with Crippen LogP contribution in [-0.4, -0.2) is 51.0 Å². The van der Waals surface area contributed by atoms with Crippen LogP contribution in [0, 0.1) is 0 Å². The lowest BCUT2D eigenvalue weighted by atomic mass is 10.2. The van der Waals surface area contributed by atoms with E-state index in [1.165, 1.54) is 16.4 Å². The molecule has 1 N–H and O–H groups in total. The van der Waals surface area contributed by atoms with Crippen molar-refractivity contribution in [3.63, 3.8) is 0 Å². The van der Waals surface area contributed by atoms with Crippen molar-refractivity contribution in [3.05, 3.63) is 18.2 Å². The molecule has 0 bridgehead atoms. The van der Waals surface area contributed by atoms with Crippen LogP contribution in [-0.2, 0) is 14.8 Å². The highest BCUT2D eigenvalue weighted by atomic mass is 32.2. The molecule has 0 radical (unpaired) electrons. The zero-order valence-electron chi connectivity index (χ0n) is 14.4. The summed E-state index contributed by atoms with van der Waals surface area (Å²) < 4.78 is 38.5. The van der Waals surface area contributed by atoms with Crippen LogP contribution >= 0.6 is 0 Å². The Balaban J connectivity index is 1.85.